The number of imidazole rings is 1. The van der Waals surface area contributed by atoms with Crippen molar-refractivity contribution < 1.29 is 27.5 Å². The van der Waals surface area contributed by atoms with Crippen LogP contribution in [0.1, 0.15) is 5.56 Å². The maximum Gasteiger partial charge on any atom is 0.490 e. The zero-order chi connectivity index (χ0) is 19.3. The molecule has 0 aliphatic rings. The van der Waals surface area contributed by atoms with Crippen LogP contribution in [-0.2, 0) is 4.79 Å². The van der Waals surface area contributed by atoms with Gasteiger partial charge >= 0.3 is 12.1 Å². The van der Waals surface area contributed by atoms with Crippen molar-refractivity contribution in [1.82, 2.24) is 15.0 Å². The van der Waals surface area contributed by atoms with Crippen LogP contribution in [0.25, 0.3) is 22.7 Å². The lowest BCUT2D eigenvalue weighted by Gasteiger charge is -2.06. The molecule has 0 amide bonds. The monoisotopic (exact) mass is 365 g/mol. The molecule has 0 atom stereocenters. The van der Waals surface area contributed by atoms with E-state index in [2.05, 4.69) is 21.0 Å². The van der Waals surface area contributed by atoms with E-state index in [1.807, 2.05) is 0 Å². The maximum absolute atomic E-state index is 10.6. The Balaban J connectivity index is 0.000000298. The van der Waals surface area contributed by atoms with Gasteiger partial charge in [-0.3, -0.25) is 0 Å². The third kappa shape index (κ3) is 4.18. The first-order valence-corrected chi connectivity index (χ1v) is 6.77. The van der Waals surface area contributed by atoms with Crippen LogP contribution >= 0.6 is 0 Å². The first-order valence-electron chi connectivity index (χ1n) is 6.77. The number of carbonyl (C=O) groups is 1. The summed E-state index contributed by atoms with van der Waals surface area (Å²) in [5.74, 6) is -1.99. The SMILES string of the molecule is N#Cc1c(-c2cnc[nH]2)cc(-c2ccco2)nc1N.O=C(O)C(F)(F)F. The predicted molar refractivity (Wildman–Crippen MR) is 82.3 cm³/mol. The summed E-state index contributed by atoms with van der Waals surface area (Å²) in [5.41, 5.74) is 8.09. The maximum atomic E-state index is 10.6. The molecule has 0 saturated heterocycles. The van der Waals surface area contributed by atoms with Crippen LogP contribution in [0.15, 0.2) is 41.4 Å². The molecule has 3 rings (SSSR count). The number of H-pyrrole nitrogens is 1. The summed E-state index contributed by atoms with van der Waals surface area (Å²) in [7, 11) is 0. The molecule has 0 fully saturated rings. The van der Waals surface area contributed by atoms with Crippen LogP contribution in [0.5, 0.6) is 0 Å². The van der Waals surface area contributed by atoms with Crippen LogP contribution in [0, 0.1) is 11.3 Å². The Kier molecular flexibility index (Phi) is 5.27. The highest BCUT2D eigenvalue weighted by Crippen LogP contribution is 2.29. The molecule has 4 N–H and O–H groups in total. The lowest BCUT2D eigenvalue weighted by Crippen LogP contribution is -2.21. The van der Waals surface area contributed by atoms with Gasteiger partial charge in [-0.15, -0.1) is 0 Å². The number of nitrogen functional groups attached to an aromatic ring is 1. The number of hydrogen-bond acceptors (Lipinski definition) is 6. The summed E-state index contributed by atoms with van der Waals surface area (Å²) in [6.45, 7) is 0. The number of alkyl halides is 3. The van der Waals surface area contributed by atoms with Gasteiger partial charge in [0.05, 0.1) is 24.5 Å². The molecular weight excluding hydrogens is 355 g/mol. The average Bonchev–Trinajstić information content (AvgIpc) is 3.27. The molecule has 0 aromatic carbocycles. The second-order valence-corrected chi connectivity index (χ2v) is 4.67. The minimum Gasteiger partial charge on any atom is -0.475 e. The number of nitrogens with zero attached hydrogens (tertiary/aromatic N) is 3. The van der Waals surface area contributed by atoms with E-state index in [4.69, 9.17) is 20.1 Å². The Morgan fingerprint density at radius 1 is 1.42 bits per heavy atom. The number of rotatable bonds is 2. The van der Waals surface area contributed by atoms with Gasteiger partial charge in [-0.25, -0.2) is 14.8 Å². The van der Waals surface area contributed by atoms with Crippen molar-refractivity contribution in [3.05, 3.63) is 42.5 Å². The lowest BCUT2D eigenvalue weighted by atomic mass is 10.1. The molecule has 0 aliphatic heterocycles. The fourth-order valence-electron chi connectivity index (χ4n) is 1.85. The molecule has 0 radical (unpaired) electrons. The van der Waals surface area contributed by atoms with Gasteiger partial charge in [-0.05, 0) is 18.2 Å². The molecule has 134 valence electrons. The summed E-state index contributed by atoms with van der Waals surface area (Å²) >= 11 is 0. The van der Waals surface area contributed by atoms with E-state index >= 15 is 0 Å². The number of furan rings is 1. The smallest absolute Gasteiger partial charge is 0.475 e. The van der Waals surface area contributed by atoms with Gasteiger partial charge in [0.1, 0.15) is 23.1 Å². The highest BCUT2D eigenvalue weighted by Gasteiger charge is 2.38. The molecule has 11 heteroatoms. The van der Waals surface area contributed by atoms with E-state index in [1.165, 1.54) is 0 Å². The Bertz CT molecular complexity index is 929. The summed E-state index contributed by atoms with van der Waals surface area (Å²) in [6, 6.07) is 7.36. The summed E-state index contributed by atoms with van der Waals surface area (Å²) < 4.78 is 37.0. The Labute approximate surface area is 143 Å². The number of aromatic amines is 1. The zero-order valence-electron chi connectivity index (χ0n) is 12.8. The van der Waals surface area contributed by atoms with Gasteiger partial charge < -0.3 is 20.2 Å². The van der Waals surface area contributed by atoms with Crippen LogP contribution in [0.2, 0.25) is 0 Å². The van der Waals surface area contributed by atoms with Crippen LogP contribution in [0.3, 0.4) is 0 Å². The van der Waals surface area contributed by atoms with E-state index in [0.717, 1.165) is 0 Å². The van der Waals surface area contributed by atoms with E-state index in [0.29, 0.717) is 28.3 Å². The number of carboxylic acids is 1. The highest BCUT2D eigenvalue weighted by molar-refractivity contribution is 5.77. The minimum absolute atomic E-state index is 0.168. The minimum atomic E-state index is -5.08. The van der Waals surface area contributed by atoms with Crippen molar-refractivity contribution in [2.45, 2.75) is 6.18 Å². The molecular formula is C15H10F3N5O3. The number of carboxylic acid groups (broad SMARTS) is 1. The van der Waals surface area contributed by atoms with E-state index in [-0.39, 0.29) is 5.82 Å². The third-order valence-corrected chi connectivity index (χ3v) is 2.96. The molecule has 8 nitrogen and oxygen atoms in total. The fraction of sp³-hybridized carbons (Fsp3) is 0.0667. The summed E-state index contributed by atoms with van der Waals surface area (Å²) in [5, 5.41) is 16.3. The first-order chi connectivity index (χ1) is 12.2. The Morgan fingerprint density at radius 3 is 2.58 bits per heavy atom. The number of halogens is 3. The van der Waals surface area contributed by atoms with Gasteiger partial charge in [0, 0.05) is 5.56 Å². The van der Waals surface area contributed by atoms with E-state index < -0.39 is 12.1 Å². The van der Waals surface area contributed by atoms with E-state index in [9.17, 15) is 18.4 Å². The average molecular weight is 365 g/mol. The number of nitrogens with two attached hydrogens (primary N) is 1. The number of nitrogens with one attached hydrogen (secondary N) is 1. The van der Waals surface area contributed by atoms with Crippen molar-refractivity contribution in [3.63, 3.8) is 0 Å². The van der Waals surface area contributed by atoms with Crippen molar-refractivity contribution in [2.24, 2.45) is 0 Å². The van der Waals surface area contributed by atoms with Gasteiger partial charge in [0.25, 0.3) is 0 Å². The third-order valence-electron chi connectivity index (χ3n) is 2.96. The summed E-state index contributed by atoms with van der Waals surface area (Å²) in [6.07, 6.45) is -0.359. The molecule has 0 saturated carbocycles. The predicted octanol–water partition coefficient (Wildman–Crippen LogP) is 2.82. The van der Waals surface area contributed by atoms with Crippen LogP contribution in [0.4, 0.5) is 19.0 Å². The van der Waals surface area contributed by atoms with Gasteiger partial charge in [-0.1, -0.05) is 0 Å². The Hall–Kier alpha value is -3.81. The van der Waals surface area contributed by atoms with Crippen LogP contribution in [-0.4, -0.2) is 32.2 Å². The molecule has 0 bridgehead atoms. The number of aliphatic carboxylic acids is 1. The normalized spacial score (nSPS) is 10.5. The van der Waals surface area contributed by atoms with E-state index in [1.54, 1.807) is 37.0 Å². The van der Waals surface area contributed by atoms with Crippen molar-refractivity contribution >= 4 is 11.8 Å². The summed E-state index contributed by atoms with van der Waals surface area (Å²) in [4.78, 5) is 20.0. The van der Waals surface area contributed by atoms with Crippen LogP contribution < -0.4 is 5.73 Å². The van der Waals surface area contributed by atoms with Crippen molar-refractivity contribution in [3.8, 4) is 28.8 Å². The standard InChI is InChI=1S/C13H9N5O.C2HF3O2/c14-5-9-8(11-6-16-7-17-11)4-10(18-13(9)15)12-2-1-3-19-12;3-2(4,5)1(6)7/h1-4,6-7H,(H2,15,18)(H,16,17);(H,6,7). The van der Waals surface area contributed by atoms with Crippen molar-refractivity contribution in [2.75, 3.05) is 5.73 Å². The second-order valence-electron chi connectivity index (χ2n) is 4.67. The van der Waals surface area contributed by atoms with Gasteiger partial charge in [-0.2, -0.15) is 18.4 Å². The zero-order valence-corrected chi connectivity index (χ0v) is 12.8. The van der Waals surface area contributed by atoms with Crippen molar-refractivity contribution in [1.29, 1.82) is 5.26 Å². The number of hydrogen-bond donors (Lipinski definition) is 3. The molecule has 0 unspecified atom stereocenters. The number of pyridine rings is 1. The molecule has 26 heavy (non-hydrogen) atoms. The second kappa shape index (κ2) is 7.39. The molecule has 3 aromatic heterocycles. The highest BCUT2D eigenvalue weighted by atomic mass is 19.4. The molecule has 3 heterocycles. The van der Waals surface area contributed by atoms with Gasteiger partial charge in [0.2, 0.25) is 0 Å². The quantitative estimate of drug-likeness (QED) is 0.634. The topological polar surface area (TPSA) is 142 Å². The molecule has 3 aromatic rings. The number of nitriles is 1. The fourth-order valence-corrected chi connectivity index (χ4v) is 1.85. The first kappa shape index (κ1) is 18.5. The molecule has 0 aliphatic carbocycles. The molecule has 0 spiro atoms. The lowest BCUT2D eigenvalue weighted by molar-refractivity contribution is -0.192. The Morgan fingerprint density at radius 2 is 2.12 bits per heavy atom. The number of anilines is 1. The largest absolute Gasteiger partial charge is 0.490 e. The number of aromatic nitrogens is 3. The van der Waals surface area contributed by atoms with Gasteiger partial charge in [0.15, 0.2) is 5.76 Å².